The highest BCUT2D eigenvalue weighted by Gasteiger charge is 2.11. The number of benzene rings is 4. The Labute approximate surface area is 232 Å². The number of nitrogens with zero attached hydrogens (tertiary/aromatic N) is 2. The van der Waals surface area contributed by atoms with Crippen LogP contribution in [0.25, 0.3) is 43.6 Å². The molecule has 0 amide bonds. The topological polar surface area (TPSA) is 62.5 Å². The minimum absolute atomic E-state index is 0.0364. The number of hydrogen-bond donors (Lipinski definition) is 0. The number of aryl methyl sites for hydroxylation is 2. The molecule has 2 heterocycles. The van der Waals surface area contributed by atoms with Gasteiger partial charge in [0.05, 0.1) is 35.3 Å². The lowest BCUT2D eigenvalue weighted by atomic mass is 10.1. The molecule has 0 N–H and O–H groups in total. The van der Waals surface area contributed by atoms with Crippen LogP contribution in [0.4, 0.5) is 0 Å². The van der Waals surface area contributed by atoms with Crippen molar-refractivity contribution >= 4 is 43.6 Å². The third-order valence-corrected chi connectivity index (χ3v) is 7.74. The predicted octanol–water partition coefficient (Wildman–Crippen LogP) is 6.72. The van der Waals surface area contributed by atoms with E-state index < -0.39 is 0 Å². The molecule has 0 aliphatic rings. The Hall–Kier alpha value is -4.58. The van der Waals surface area contributed by atoms with E-state index in [1.54, 1.807) is 0 Å². The molecular weight excluding hydrogens is 500 g/mol. The Kier molecular flexibility index (Phi) is 6.99. The third kappa shape index (κ3) is 4.70. The molecule has 202 valence electrons. The van der Waals surface area contributed by atoms with Gasteiger partial charge in [-0.25, -0.2) is 0 Å². The maximum absolute atomic E-state index is 13.0. The number of hydrogen-bond acceptors (Lipinski definition) is 4. The predicted molar refractivity (Wildman–Crippen MR) is 163 cm³/mol. The summed E-state index contributed by atoms with van der Waals surface area (Å²) < 4.78 is 16.1. The average Bonchev–Trinajstić information content (AvgIpc) is 3.00. The SMILES string of the molecule is Cn1c2ccccc2c(=O)c2cc(OCCCCCCOc3ccc4c(c3)c(=O)c3ccccc3n4C)ccc21. The molecule has 6 rings (SSSR count). The van der Waals surface area contributed by atoms with Gasteiger partial charge >= 0.3 is 0 Å². The van der Waals surface area contributed by atoms with Crippen molar-refractivity contribution in [3.05, 3.63) is 105 Å². The van der Waals surface area contributed by atoms with Crippen LogP contribution in [0.3, 0.4) is 0 Å². The molecule has 0 saturated carbocycles. The van der Waals surface area contributed by atoms with E-state index in [1.165, 1.54) is 0 Å². The lowest BCUT2D eigenvalue weighted by Crippen LogP contribution is -2.09. The second kappa shape index (κ2) is 10.9. The zero-order valence-corrected chi connectivity index (χ0v) is 22.9. The van der Waals surface area contributed by atoms with Crippen molar-refractivity contribution in [2.75, 3.05) is 13.2 Å². The number of fused-ring (bicyclic) bond motifs is 4. The number of para-hydroxylation sites is 2. The summed E-state index contributed by atoms with van der Waals surface area (Å²) in [6.45, 7) is 1.20. The molecule has 0 fully saturated rings. The maximum atomic E-state index is 13.0. The lowest BCUT2D eigenvalue weighted by Gasteiger charge is -2.12. The first-order valence-electron chi connectivity index (χ1n) is 13.8. The van der Waals surface area contributed by atoms with Gasteiger partial charge in [-0.15, -0.1) is 0 Å². The molecule has 0 aliphatic heterocycles. The van der Waals surface area contributed by atoms with E-state index in [1.807, 2.05) is 99.0 Å². The molecule has 0 spiro atoms. The molecule has 0 saturated heterocycles. The van der Waals surface area contributed by atoms with Crippen LogP contribution in [-0.2, 0) is 14.1 Å². The fourth-order valence-corrected chi connectivity index (χ4v) is 5.56. The first-order chi connectivity index (χ1) is 19.5. The summed E-state index contributed by atoms with van der Waals surface area (Å²) >= 11 is 0. The smallest absolute Gasteiger partial charge is 0.197 e. The summed E-state index contributed by atoms with van der Waals surface area (Å²) in [5.74, 6) is 1.44. The Bertz CT molecular complexity index is 1840. The van der Waals surface area contributed by atoms with E-state index in [0.29, 0.717) is 24.0 Å². The van der Waals surface area contributed by atoms with Gasteiger partial charge in [0.2, 0.25) is 0 Å². The van der Waals surface area contributed by atoms with Crippen molar-refractivity contribution in [2.45, 2.75) is 25.7 Å². The standard InChI is InChI=1S/C34H32N2O4/c1-35-29-13-7-5-11-25(29)33(37)27-21-23(15-17-31(27)35)39-19-9-3-4-10-20-40-24-16-18-32-28(22-24)34(38)26-12-6-8-14-30(26)36(32)2/h5-8,11-18,21-22H,3-4,9-10,19-20H2,1-2H3. The van der Waals surface area contributed by atoms with Gasteiger partial charge in [-0.05, 0) is 86.3 Å². The summed E-state index contributed by atoms with van der Waals surface area (Å²) in [5, 5.41) is 2.79. The van der Waals surface area contributed by atoms with E-state index in [0.717, 1.165) is 70.0 Å². The van der Waals surface area contributed by atoms with Crippen molar-refractivity contribution in [1.29, 1.82) is 0 Å². The second-order valence-corrected chi connectivity index (χ2v) is 10.3. The second-order valence-electron chi connectivity index (χ2n) is 10.3. The molecule has 0 bridgehead atoms. The lowest BCUT2D eigenvalue weighted by molar-refractivity contribution is 0.288. The van der Waals surface area contributed by atoms with Crippen LogP contribution in [0.5, 0.6) is 11.5 Å². The largest absolute Gasteiger partial charge is 0.494 e. The van der Waals surface area contributed by atoms with Crippen LogP contribution in [0, 0.1) is 0 Å². The fourth-order valence-electron chi connectivity index (χ4n) is 5.56. The number of pyridine rings is 2. The van der Waals surface area contributed by atoms with Gasteiger partial charge in [0.1, 0.15) is 11.5 Å². The summed E-state index contributed by atoms with van der Waals surface area (Å²) in [6, 6.07) is 26.9. The summed E-state index contributed by atoms with van der Waals surface area (Å²) in [5.41, 5.74) is 3.73. The Morgan fingerprint density at radius 3 is 1.35 bits per heavy atom. The van der Waals surface area contributed by atoms with Crippen LogP contribution in [-0.4, -0.2) is 22.3 Å². The molecular formula is C34H32N2O4. The minimum Gasteiger partial charge on any atom is -0.494 e. The normalized spacial score (nSPS) is 11.6. The highest BCUT2D eigenvalue weighted by molar-refractivity contribution is 5.95. The molecule has 40 heavy (non-hydrogen) atoms. The highest BCUT2D eigenvalue weighted by Crippen LogP contribution is 2.24. The van der Waals surface area contributed by atoms with Crippen molar-refractivity contribution in [2.24, 2.45) is 14.1 Å². The highest BCUT2D eigenvalue weighted by atomic mass is 16.5. The van der Waals surface area contributed by atoms with Gasteiger partial charge < -0.3 is 18.6 Å². The molecule has 0 radical (unpaired) electrons. The van der Waals surface area contributed by atoms with Gasteiger partial charge in [-0.2, -0.15) is 0 Å². The molecule has 6 heteroatoms. The Morgan fingerprint density at radius 2 is 0.900 bits per heavy atom. The number of rotatable bonds is 9. The van der Waals surface area contributed by atoms with E-state index >= 15 is 0 Å². The first kappa shape index (κ1) is 25.7. The van der Waals surface area contributed by atoms with Crippen LogP contribution < -0.4 is 20.3 Å². The zero-order chi connectivity index (χ0) is 27.6. The minimum atomic E-state index is 0.0364. The van der Waals surface area contributed by atoms with E-state index in [4.69, 9.17) is 9.47 Å². The molecule has 6 nitrogen and oxygen atoms in total. The molecule has 2 aromatic heterocycles. The zero-order valence-electron chi connectivity index (χ0n) is 22.9. The van der Waals surface area contributed by atoms with E-state index in [2.05, 4.69) is 9.13 Å². The summed E-state index contributed by atoms with van der Waals surface area (Å²) in [7, 11) is 3.97. The number of unbranched alkanes of at least 4 members (excludes halogenated alkanes) is 3. The molecule has 0 atom stereocenters. The third-order valence-electron chi connectivity index (χ3n) is 7.74. The van der Waals surface area contributed by atoms with Crippen LogP contribution >= 0.6 is 0 Å². The summed E-state index contributed by atoms with van der Waals surface area (Å²) in [4.78, 5) is 26.0. The molecule has 6 aromatic rings. The van der Waals surface area contributed by atoms with Gasteiger partial charge in [-0.3, -0.25) is 9.59 Å². The number of ether oxygens (including phenoxy) is 2. The maximum Gasteiger partial charge on any atom is 0.197 e. The Morgan fingerprint density at radius 1 is 0.500 bits per heavy atom. The quantitative estimate of drug-likeness (QED) is 0.153. The van der Waals surface area contributed by atoms with Crippen LogP contribution in [0.1, 0.15) is 25.7 Å². The molecule has 0 aliphatic carbocycles. The van der Waals surface area contributed by atoms with Gasteiger partial charge in [-0.1, -0.05) is 24.3 Å². The van der Waals surface area contributed by atoms with Crippen LogP contribution in [0.2, 0.25) is 0 Å². The molecule has 4 aromatic carbocycles. The van der Waals surface area contributed by atoms with Gasteiger partial charge in [0.25, 0.3) is 0 Å². The Balaban J connectivity index is 1.000. The van der Waals surface area contributed by atoms with Crippen molar-refractivity contribution in [3.8, 4) is 11.5 Å². The van der Waals surface area contributed by atoms with E-state index in [-0.39, 0.29) is 10.9 Å². The van der Waals surface area contributed by atoms with Crippen molar-refractivity contribution < 1.29 is 9.47 Å². The first-order valence-corrected chi connectivity index (χ1v) is 13.8. The monoisotopic (exact) mass is 532 g/mol. The van der Waals surface area contributed by atoms with Crippen LogP contribution in [0.15, 0.2) is 94.5 Å². The van der Waals surface area contributed by atoms with E-state index in [9.17, 15) is 9.59 Å². The average molecular weight is 533 g/mol. The van der Waals surface area contributed by atoms with Gasteiger partial charge in [0, 0.05) is 35.6 Å². The fraction of sp³-hybridized carbons (Fsp3) is 0.235. The summed E-state index contributed by atoms with van der Waals surface area (Å²) in [6.07, 6.45) is 3.89. The van der Waals surface area contributed by atoms with Crippen molar-refractivity contribution in [1.82, 2.24) is 9.13 Å². The van der Waals surface area contributed by atoms with Crippen molar-refractivity contribution in [3.63, 3.8) is 0 Å². The van der Waals surface area contributed by atoms with Gasteiger partial charge in [0.15, 0.2) is 10.9 Å². The number of aromatic nitrogens is 2. The molecule has 0 unspecified atom stereocenters.